The number of carbonyl (C=O) groups is 4. The third kappa shape index (κ3) is 72.2. The molecular formula is C78H152O17P2. The number of phosphoric ester groups is 2. The molecule has 0 aromatic carbocycles. The average molecular weight is 1420 g/mol. The molecule has 0 aromatic rings. The molecule has 0 radical (unpaired) electrons. The molecule has 0 heterocycles. The first-order chi connectivity index (χ1) is 47.0. The van der Waals surface area contributed by atoms with Crippen molar-refractivity contribution in [1.82, 2.24) is 0 Å². The molecule has 5 atom stereocenters. The molecule has 0 fully saturated rings. The summed E-state index contributed by atoms with van der Waals surface area (Å²) in [5.41, 5.74) is 0. The topological polar surface area (TPSA) is 237 Å². The van der Waals surface area contributed by atoms with E-state index in [1.807, 2.05) is 0 Å². The lowest BCUT2D eigenvalue weighted by Gasteiger charge is -2.21. The van der Waals surface area contributed by atoms with E-state index in [2.05, 4.69) is 34.6 Å². The van der Waals surface area contributed by atoms with E-state index >= 15 is 0 Å². The van der Waals surface area contributed by atoms with E-state index in [-0.39, 0.29) is 25.7 Å². The Bertz CT molecular complexity index is 1860. The van der Waals surface area contributed by atoms with E-state index in [0.717, 1.165) is 95.8 Å². The van der Waals surface area contributed by atoms with Crippen molar-refractivity contribution in [2.24, 2.45) is 5.92 Å². The number of phosphoric acid groups is 2. The Morgan fingerprint density at radius 1 is 0.278 bits per heavy atom. The monoisotopic (exact) mass is 1420 g/mol. The Hall–Kier alpha value is -1.94. The van der Waals surface area contributed by atoms with Gasteiger partial charge in [0.15, 0.2) is 12.2 Å². The Kier molecular flexibility index (Phi) is 69.6. The van der Waals surface area contributed by atoms with Gasteiger partial charge >= 0.3 is 39.5 Å². The molecule has 0 saturated carbocycles. The van der Waals surface area contributed by atoms with Gasteiger partial charge in [0.1, 0.15) is 19.3 Å². The molecule has 2 unspecified atom stereocenters. The second-order valence-electron chi connectivity index (χ2n) is 28.6. The summed E-state index contributed by atoms with van der Waals surface area (Å²) in [4.78, 5) is 72.8. The Morgan fingerprint density at radius 3 is 0.701 bits per heavy atom. The van der Waals surface area contributed by atoms with Gasteiger partial charge < -0.3 is 33.8 Å². The summed E-state index contributed by atoms with van der Waals surface area (Å²) < 4.78 is 68.5. The second-order valence-corrected chi connectivity index (χ2v) is 31.5. The van der Waals surface area contributed by atoms with Crippen molar-refractivity contribution in [3.8, 4) is 0 Å². The molecule has 0 saturated heterocycles. The molecule has 19 heteroatoms. The van der Waals surface area contributed by atoms with Crippen molar-refractivity contribution < 1.29 is 80.2 Å². The molecule has 17 nitrogen and oxygen atoms in total. The van der Waals surface area contributed by atoms with Gasteiger partial charge in [-0.1, -0.05) is 362 Å². The molecule has 0 aromatic heterocycles. The first kappa shape index (κ1) is 95.1. The van der Waals surface area contributed by atoms with Gasteiger partial charge in [-0.25, -0.2) is 9.13 Å². The minimum atomic E-state index is -4.96. The van der Waals surface area contributed by atoms with E-state index in [4.69, 9.17) is 37.0 Å². The number of carbonyl (C=O) groups excluding carboxylic acids is 4. The van der Waals surface area contributed by atoms with Crippen molar-refractivity contribution in [3.63, 3.8) is 0 Å². The van der Waals surface area contributed by atoms with Crippen LogP contribution in [0.25, 0.3) is 0 Å². The maximum absolute atomic E-state index is 13.1. The van der Waals surface area contributed by atoms with Gasteiger partial charge in [0.2, 0.25) is 0 Å². The van der Waals surface area contributed by atoms with Gasteiger partial charge in [-0.15, -0.1) is 0 Å². The van der Waals surface area contributed by atoms with E-state index < -0.39 is 97.5 Å². The molecule has 576 valence electrons. The van der Waals surface area contributed by atoms with E-state index in [9.17, 15) is 43.2 Å². The fourth-order valence-electron chi connectivity index (χ4n) is 12.1. The lowest BCUT2D eigenvalue weighted by atomic mass is 10.0. The summed E-state index contributed by atoms with van der Waals surface area (Å²) in [5, 5.41) is 10.6. The molecule has 0 aliphatic rings. The van der Waals surface area contributed by atoms with Crippen LogP contribution in [0.4, 0.5) is 0 Å². The summed E-state index contributed by atoms with van der Waals surface area (Å²) >= 11 is 0. The van der Waals surface area contributed by atoms with Crippen molar-refractivity contribution in [1.29, 1.82) is 0 Å². The quantitative estimate of drug-likeness (QED) is 0.0222. The smallest absolute Gasteiger partial charge is 0.462 e. The fourth-order valence-corrected chi connectivity index (χ4v) is 13.6. The zero-order chi connectivity index (χ0) is 71.2. The average Bonchev–Trinajstić information content (AvgIpc) is 1.17. The van der Waals surface area contributed by atoms with Crippen LogP contribution in [0.2, 0.25) is 0 Å². The van der Waals surface area contributed by atoms with Crippen LogP contribution in [0.1, 0.15) is 413 Å². The Labute approximate surface area is 594 Å². The van der Waals surface area contributed by atoms with Crippen LogP contribution >= 0.6 is 15.6 Å². The zero-order valence-electron chi connectivity index (χ0n) is 63.2. The second kappa shape index (κ2) is 71.1. The highest BCUT2D eigenvalue weighted by Gasteiger charge is 2.30. The van der Waals surface area contributed by atoms with E-state index in [1.165, 1.54) is 238 Å². The molecule has 97 heavy (non-hydrogen) atoms. The molecule has 0 bridgehead atoms. The number of aliphatic hydroxyl groups is 1. The standard InChI is InChI=1S/C78H152O17P2/c1-6-9-12-15-18-21-23-25-27-28-29-30-31-32-34-36-38-43-48-53-58-63-77(82)94-74(68-89-76(81)62-57-52-47-42-37-35-33-26-24-22-19-16-13-10-7-2)70-93-97(86,87)91-66-72(79)65-90-96(84,85)92-69-73(67-88-75(80)61-56-51-46-40-20-17-14-11-8-3)95-78(83)64-59-54-49-44-39-41-45-50-55-60-71(4)5/h71-74,79H,6-70H2,1-5H3,(H,84,85)(H,86,87)/t72-,73+,74+/m0/s1. The predicted octanol–water partition coefficient (Wildman–Crippen LogP) is 23.3. The number of rotatable bonds is 78. The van der Waals surface area contributed by atoms with Crippen molar-refractivity contribution in [2.45, 2.75) is 432 Å². The lowest BCUT2D eigenvalue weighted by Crippen LogP contribution is -2.30. The highest BCUT2D eigenvalue weighted by Crippen LogP contribution is 2.45. The largest absolute Gasteiger partial charge is 0.472 e. The number of hydrogen-bond donors (Lipinski definition) is 3. The van der Waals surface area contributed by atoms with Crippen LogP contribution in [0.15, 0.2) is 0 Å². The van der Waals surface area contributed by atoms with Gasteiger partial charge in [0, 0.05) is 25.7 Å². The third-order valence-corrected chi connectivity index (χ3v) is 20.2. The van der Waals surface area contributed by atoms with Gasteiger partial charge in [0.05, 0.1) is 26.4 Å². The predicted molar refractivity (Wildman–Crippen MR) is 395 cm³/mol. The molecule has 0 amide bonds. The van der Waals surface area contributed by atoms with Crippen molar-refractivity contribution in [3.05, 3.63) is 0 Å². The van der Waals surface area contributed by atoms with Gasteiger partial charge in [-0.2, -0.15) is 0 Å². The number of hydrogen-bond acceptors (Lipinski definition) is 15. The highest BCUT2D eigenvalue weighted by atomic mass is 31.2. The first-order valence-corrected chi connectivity index (χ1v) is 43.6. The molecular weight excluding hydrogens is 1270 g/mol. The highest BCUT2D eigenvalue weighted by molar-refractivity contribution is 7.47. The van der Waals surface area contributed by atoms with Gasteiger partial charge in [0.25, 0.3) is 0 Å². The zero-order valence-corrected chi connectivity index (χ0v) is 65.0. The molecule has 0 rings (SSSR count). The summed E-state index contributed by atoms with van der Waals surface area (Å²) in [7, 11) is -9.91. The molecule has 3 N–H and O–H groups in total. The number of ether oxygens (including phenoxy) is 4. The fraction of sp³-hybridized carbons (Fsp3) is 0.949. The van der Waals surface area contributed by atoms with Gasteiger partial charge in [-0.3, -0.25) is 37.3 Å². The van der Waals surface area contributed by atoms with Crippen LogP contribution in [0.3, 0.4) is 0 Å². The Morgan fingerprint density at radius 2 is 0.474 bits per heavy atom. The number of esters is 4. The van der Waals surface area contributed by atoms with Crippen LogP contribution in [-0.4, -0.2) is 96.7 Å². The molecule has 0 aliphatic carbocycles. The maximum Gasteiger partial charge on any atom is 0.472 e. The summed E-state index contributed by atoms with van der Waals surface area (Å²) in [6.07, 6.45) is 61.2. The van der Waals surface area contributed by atoms with Gasteiger partial charge in [-0.05, 0) is 31.6 Å². The van der Waals surface area contributed by atoms with E-state index in [0.29, 0.717) is 25.7 Å². The molecule has 0 spiro atoms. The van der Waals surface area contributed by atoms with Crippen LogP contribution in [-0.2, 0) is 65.4 Å². The van der Waals surface area contributed by atoms with Crippen molar-refractivity contribution in [2.75, 3.05) is 39.6 Å². The SMILES string of the molecule is CCCCCCCCCCCCCCCCCCCCCCCC(=O)O[C@H](COC(=O)CCCCCCCCCCCCCCCCC)COP(=O)(O)OC[C@@H](O)COP(=O)(O)OC[C@@H](COC(=O)CCCCCCCCCCC)OC(=O)CCCCCCCCCCCC(C)C. The minimum absolute atomic E-state index is 0.106. The Balaban J connectivity index is 5.19. The lowest BCUT2D eigenvalue weighted by molar-refractivity contribution is -0.161. The number of aliphatic hydroxyl groups excluding tert-OH is 1. The maximum atomic E-state index is 13.1. The normalized spacial score (nSPS) is 13.9. The van der Waals surface area contributed by atoms with Crippen LogP contribution in [0, 0.1) is 5.92 Å². The van der Waals surface area contributed by atoms with E-state index in [1.54, 1.807) is 0 Å². The third-order valence-electron chi connectivity index (χ3n) is 18.3. The first-order valence-electron chi connectivity index (χ1n) is 40.6. The van der Waals surface area contributed by atoms with Crippen LogP contribution < -0.4 is 0 Å². The minimum Gasteiger partial charge on any atom is -0.462 e. The summed E-state index contributed by atoms with van der Waals surface area (Å²) in [6.45, 7) is 7.26. The number of unbranched alkanes of at least 4 members (excludes halogenated alkanes) is 50. The summed E-state index contributed by atoms with van der Waals surface area (Å²) in [6, 6.07) is 0. The van der Waals surface area contributed by atoms with Crippen molar-refractivity contribution >= 4 is 39.5 Å². The molecule has 0 aliphatic heterocycles. The van der Waals surface area contributed by atoms with Crippen LogP contribution in [0.5, 0.6) is 0 Å². The summed E-state index contributed by atoms with van der Waals surface area (Å²) in [5.74, 6) is -1.38.